The maximum absolute atomic E-state index is 5.59. The molecule has 0 aromatic carbocycles. The molecule has 68 valence electrons. The number of nitrogens with zero attached hydrogens (tertiary/aromatic N) is 1. The second-order valence-corrected chi connectivity index (χ2v) is 4.30. The standard InChI is InChI=1S/C9H16N2O/c1-9(2)6-4-3-5-7(6)12-8(10)11-9/h6-7H,3-5H2,1-2H3,(H2,10,11). The lowest BCUT2D eigenvalue weighted by molar-refractivity contribution is 0.0798. The van der Waals surface area contributed by atoms with Crippen LogP contribution in [0.2, 0.25) is 0 Å². The van der Waals surface area contributed by atoms with Gasteiger partial charge in [0.25, 0.3) is 6.02 Å². The van der Waals surface area contributed by atoms with E-state index in [-0.39, 0.29) is 5.54 Å². The highest BCUT2D eigenvalue weighted by Gasteiger charge is 2.43. The summed E-state index contributed by atoms with van der Waals surface area (Å²) < 4.78 is 5.47. The molecule has 1 fully saturated rings. The van der Waals surface area contributed by atoms with Gasteiger partial charge < -0.3 is 10.5 Å². The van der Waals surface area contributed by atoms with Crippen molar-refractivity contribution in [3.05, 3.63) is 0 Å². The van der Waals surface area contributed by atoms with E-state index >= 15 is 0 Å². The minimum atomic E-state index is -0.0104. The van der Waals surface area contributed by atoms with Crippen LogP contribution in [0.3, 0.4) is 0 Å². The molecule has 0 saturated heterocycles. The summed E-state index contributed by atoms with van der Waals surface area (Å²) in [6.07, 6.45) is 3.96. The SMILES string of the molecule is CC1(C)N=C(N)OC2CCCC21. The molecule has 1 aliphatic heterocycles. The van der Waals surface area contributed by atoms with Crippen molar-refractivity contribution >= 4 is 6.02 Å². The zero-order chi connectivity index (χ0) is 8.77. The zero-order valence-corrected chi connectivity index (χ0v) is 7.71. The molecular formula is C9H16N2O. The molecule has 3 heteroatoms. The van der Waals surface area contributed by atoms with Crippen LogP contribution < -0.4 is 5.73 Å². The predicted octanol–water partition coefficient (Wildman–Crippen LogP) is 1.28. The fraction of sp³-hybridized carbons (Fsp3) is 0.889. The number of hydrogen-bond donors (Lipinski definition) is 1. The number of amidine groups is 1. The minimum absolute atomic E-state index is 0.0104. The van der Waals surface area contributed by atoms with E-state index in [4.69, 9.17) is 10.5 Å². The Hall–Kier alpha value is -0.730. The van der Waals surface area contributed by atoms with Crippen LogP contribution in [-0.2, 0) is 4.74 Å². The first-order valence-electron chi connectivity index (χ1n) is 4.61. The third-order valence-corrected chi connectivity index (χ3v) is 3.03. The average Bonchev–Trinajstić information content (AvgIpc) is 2.32. The van der Waals surface area contributed by atoms with Gasteiger partial charge in [-0.3, -0.25) is 0 Å². The molecule has 1 saturated carbocycles. The molecule has 2 aliphatic rings. The Morgan fingerprint density at radius 2 is 2.25 bits per heavy atom. The summed E-state index contributed by atoms with van der Waals surface area (Å²) in [7, 11) is 0. The highest BCUT2D eigenvalue weighted by Crippen LogP contribution is 2.40. The molecule has 2 N–H and O–H groups in total. The van der Waals surface area contributed by atoms with Crippen LogP contribution in [0.25, 0.3) is 0 Å². The molecule has 0 aromatic rings. The van der Waals surface area contributed by atoms with Crippen molar-refractivity contribution in [2.75, 3.05) is 0 Å². The van der Waals surface area contributed by atoms with E-state index in [9.17, 15) is 0 Å². The molecule has 0 aromatic heterocycles. The summed E-state index contributed by atoms with van der Waals surface area (Å²) in [6.45, 7) is 4.29. The van der Waals surface area contributed by atoms with Crippen molar-refractivity contribution in [1.29, 1.82) is 0 Å². The van der Waals surface area contributed by atoms with Gasteiger partial charge in [0.1, 0.15) is 6.10 Å². The van der Waals surface area contributed by atoms with Gasteiger partial charge in [-0.2, -0.15) is 0 Å². The number of ether oxygens (including phenoxy) is 1. The van der Waals surface area contributed by atoms with Crippen LogP contribution in [0.5, 0.6) is 0 Å². The van der Waals surface area contributed by atoms with Crippen molar-refractivity contribution in [2.24, 2.45) is 16.6 Å². The summed E-state index contributed by atoms with van der Waals surface area (Å²) >= 11 is 0. The van der Waals surface area contributed by atoms with Gasteiger partial charge in [-0.1, -0.05) is 0 Å². The van der Waals surface area contributed by atoms with Crippen LogP contribution in [-0.4, -0.2) is 17.7 Å². The van der Waals surface area contributed by atoms with Gasteiger partial charge >= 0.3 is 0 Å². The van der Waals surface area contributed by atoms with Gasteiger partial charge in [0, 0.05) is 5.92 Å². The van der Waals surface area contributed by atoms with E-state index in [1.807, 2.05) is 0 Å². The normalized spacial score (nSPS) is 38.3. The zero-order valence-electron chi connectivity index (χ0n) is 7.71. The van der Waals surface area contributed by atoms with E-state index in [1.165, 1.54) is 12.8 Å². The summed E-state index contributed by atoms with van der Waals surface area (Å²) in [6, 6.07) is 0.378. The Bertz CT molecular complexity index is 223. The fourth-order valence-corrected chi connectivity index (χ4v) is 2.42. The summed E-state index contributed by atoms with van der Waals surface area (Å²) in [4.78, 5) is 4.33. The maximum atomic E-state index is 5.59. The van der Waals surface area contributed by atoms with Gasteiger partial charge in [0.2, 0.25) is 0 Å². The minimum Gasteiger partial charge on any atom is -0.462 e. The van der Waals surface area contributed by atoms with Crippen molar-refractivity contribution in [2.45, 2.75) is 44.8 Å². The van der Waals surface area contributed by atoms with E-state index < -0.39 is 0 Å². The largest absolute Gasteiger partial charge is 0.462 e. The second-order valence-electron chi connectivity index (χ2n) is 4.30. The van der Waals surface area contributed by atoms with Crippen molar-refractivity contribution in [3.63, 3.8) is 0 Å². The first-order valence-corrected chi connectivity index (χ1v) is 4.61. The molecule has 0 spiro atoms. The molecule has 0 radical (unpaired) electrons. The summed E-state index contributed by atoms with van der Waals surface area (Å²) in [5, 5.41) is 0. The fourth-order valence-electron chi connectivity index (χ4n) is 2.42. The molecule has 2 unspecified atom stereocenters. The number of rotatable bonds is 0. The molecule has 1 heterocycles. The van der Waals surface area contributed by atoms with E-state index in [1.54, 1.807) is 0 Å². The molecule has 0 bridgehead atoms. The molecule has 2 rings (SSSR count). The topological polar surface area (TPSA) is 47.6 Å². The molecule has 3 nitrogen and oxygen atoms in total. The first kappa shape index (κ1) is 7.90. The Morgan fingerprint density at radius 3 is 3.00 bits per heavy atom. The molecule has 2 atom stereocenters. The molecule has 0 amide bonds. The Kier molecular flexibility index (Phi) is 1.56. The predicted molar refractivity (Wildman–Crippen MR) is 47.9 cm³/mol. The molecular weight excluding hydrogens is 152 g/mol. The number of fused-ring (bicyclic) bond motifs is 1. The molecule has 1 aliphatic carbocycles. The van der Waals surface area contributed by atoms with Crippen molar-refractivity contribution < 1.29 is 4.74 Å². The third kappa shape index (κ3) is 1.08. The van der Waals surface area contributed by atoms with E-state index in [0.29, 0.717) is 18.0 Å². The highest BCUT2D eigenvalue weighted by molar-refractivity contribution is 5.73. The average molecular weight is 168 g/mol. The second kappa shape index (κ2) is 2.38. The summed E-state index contributed by atoms with van der Waals surface area (Å²) in [5.74, 6) is 0.574. The van der Waals surface area contributed by atoms with Gasteiger partial charge in [-0.25, -0.2) is 4.99 Å². The lowest BCUT2D eigenvalue weighted by Gasteiger charge is -2.36. The van der Waals surface area contributed by atoms with E-state index in [2.05, 4.69) is 18.8 Å². The van der Waals surface area contributed by atoms with Crippen molar-refractivity contribution in [3.8, 4) is 0 Å². The Labute approximate surface area is 73.0 Å². The monoisotopic (exact) mass is 168 g/mol. The van der Waals surface area contributed by atoms with Crippen molar-refractivity contribution in [1.82, 2.24) is 0 Å². The first-order chi connectivity index (χ1) is 5.59. The quantitative estimate of drug-likeness (QED) is 0.592. The van der Waals surface area contributed by atoms with Gasteiger partial charge in [-0.05, 0) is 33.1 Å². The van der Waals surface area contributed by atoms with Crippen LogP contribution in [0.4, 0.5) is 0 Å². The Morgan fingerprint density at radius 1 is 1.50 bits per heavy atom. The van der Waals surface area contributed by atoms with Crippen LogP contribution in [0.15, 0.2) is 4.99 Å². The number of aliphatic imine (C=N–C) groups is 1. The summed E-state index contributed by atoms with van der Waals surface area (Å²) in [5.41, 5.74) is 5.58. The number of hydrogen-bond acceptors (Lipinski definition) is 3. The molecule has 12 heavy (non-hydrogen) atoms. The van der Waals surface area contributed by atoms with Crippen LogP contribution in [0, 0.1) is 5.92 Å². The maximum Gasteiger partial charge on any atom is 0.282 e. The van der Waals surface area contributed by atoms with E-state index in [0.717, 1.165) is 6.42 Å². The number of nitrogens with two attached hydrogens (primary N) is 1. The van der Waals surface area contributed by atoms with Gasteiger partial charge in [0.15, 0.2) is 0 Å². The van der Waals surface area contributed by atoms with Gasteiger partial charge in [0.05, 0.1) is 5.54 Å². The van der Waals surface area contributed by atoms with Gasteiger partial charge in [-0.15, -0.1) is 0 Å². The third-order valence-electron chi connectivity index (χ3n) is 3.03. The smallest absolute Gasteiger partial charge is 0.282 e. The Balaban J connectivity index is 2.27. The van der Waals surface area contributed by atoms with Crippen LogP contribution in [0.1, 0.15) is 33.1 Å². The highest BCUT2D eigenvalue weighted by atomic mass is 16.5. The lowest BCUT2D eigenvalue weighted by Crippen LogP contribution is -2.44. The lowest BCUT2D eigenvalue weighted by atomic mass is 9.84. The van der Waals surface area contributed by atoms with Crippen LogP contribution >= 0.6 is 0 Å².